The van der Waals surface area contributed by atoms with Gasteiger partial charge in [0.2, 0.25) is 0 Å². The fourth-order valence-corrected chi connectivity index (χ4v) is 4.55. The van der Waals surface area contributed by atoms with Crippen molar-refractivity contribution in [3.05, 3.63) is 70.9 Å². The number of aliphatic hydroxyl groups is 1. The smallest absolute Gasteiger partial charge is 0.188 e. The van der Waals surface area contributed by atoms with Crippen molar-refractivity contribution >= 4 is 22.3 Å². The summed E-state index contributed by atoms with van der Waals surface area (Å²) >= 11 is 1.68. The molecular formula is C22H26N4OS. The second-order valence-corrected chi connectivity index (χ2v) is 8.32. The minimum Gasteiger partial charge on any atom is -0.395 e. The number of β-amino-alcohol motifs (C(OH)–C–C–N with tert-alkyl or cyclic N) is 1. The Kier molecular flexibility index (Phi) is 6.31. The van der Waals surface area contributed by atoms with E-state index in [4.69, 9.17) is 10.1 Å². The van der Waals surface area contributed by atoms with Crippen LogP contribution in [0.1, 0.15) is 34.9 Å². The first-order valence-corrected chi connectivity index (χ1v) is 10.7. The second-order valence-electron chi connectivity index (χ2n) is 7.21. The summed E-state index contributed by atoms with van der Waals surface area (Å²) in [5.41, 5.74) is 2.44. The number of nitrogens with one attached hydrogen (secondary N) is 1. The van der Waals surface area contributed by atoms with Crippen molar-refractivity contribution in [2.45, 2.75) is 25.2 Å². The van der Waals surface area contributed by atoms with Crippen LogP contribution in [0, 0.1) is 0 Å². The SMILES string of the molecule is OCCN1CCC(c2cccc(Nc3ncc(Cc4ccccc4)s3)n2)CC1. The molecule has 0 spiro atoms. The third-order valence-corrected chi connectivity index (χ3v) is 6.12. The zero-order valence-corrected chi connectivity index (χ0v) is 16.7. The normalized spacial score (nSPS) is 15.6. The van der Waals surface area contributed by atoms with Crippen LogP contribution < -0.4 is 5.32 Å². The molecule has 2 aromatic heterocycles. The molecular weight excluding hydrogens is 368 g/mol. The monoisotopic (exact) mass is 394 g/mol. The summed E-state index contributed by atoms with van der Waals surface area (Å²) in [6.45, 7) is 3.07. The second kappa shape index (κ2) is 9.28. The lowest BCUT2D eigenvalue weighted by Gasteiger charge is -2.31. The first-order valence-electron chi connectivity index (χ1n) is 9.86. The molecule has 0 saturated carbocycles. The van der Waals surface area contributed by atoms with Gasteiger partial charge in [0, 0.05) is 35.7 Å². The van der Waals surface area contributed by atoms with E-state index in [2.05, 4.69) is 51.6 Å². The largest absolute Gasteiger partial charge is 0.395 e. The van der Waals surface area contributed by atoms with E-state index >= 15 is 0 Å². The molecule has 1 aromatic carbocycles. The Morgan fingerprint density at radius 2 is 1.89 bits per heavy atom. The lowest BCUT2D eigenvalue weighted by molar-refractivity contribution is 0.163. The van der Waals surface area contributed by atoms with E-state index in [-0.39, 0.29) is 6.61 Å². The predicted octanol–water partition coefficient (Wildman–Crippen LogP) is 4.04. The standard InChI is InChI=1S/C22H26N4OS/c27-14-13-26-11-9-18(10-12-26)20-7-4-8-21(24-20)25-22-23-16-19(28-22)15-17-5-2-1-3-6-17/h1-8,16,18,27H,9-15H2,(H,23,24,25). The van der Waals surface area contributed by atoms with Gasteiger partial charge in [-0.05, 0) is 43.6 Å². The zero-order chi connectivity index (χ0) is 19.2. The molecule has 0 bridgehead atoms. The topological polar surface area (TPSA) is 61.3 Å². The highest BCUT2D eigenvalue weighted by molar-refractivity contribution is 7.15. The maximum Gasteiger partial charge on any atom is 0.188 e. The van der Waals surface area contributed by atoms with Crippen LogP contribution in [0.3, 0.4) is 0 Å². The molecule has 2 N–H and O–H groups in total. The fourth-order valence-electron chi connectivity index (χ4n) is 3.70. The number of aromatic nitrogens is 2. The van der Waals surface area contributed by atoms with E-state index in [0.29, 0.717) is 5.92 Å². The minimum absolute atomic E-state index is 0.238. The van der Waals surface area contributed by atoms with Gasteiger partial charge in [0.15, 0.2) is 5.13 Å². The van der Waals surface area contributed by atoms with Crippen molar-refractivity contribution in [2.75, 3.05) is 31.6 Å². The van der Waals surface area contributed by atoms with Crippen molar-refractivity contribution in [2.24, 2.45) is 0 Å². The molecule has 5 nitrogen and oxygen atoms in total. The maximum absolute atomic E-state index is 9.10. The molecule has 146 valence electrons. The van der Waals surface area contributed by atoms with E-state index in [1.54, 1.807) is 11.3 Å². The molecule has 3 heterocycles. The molecule has 28 heavy (non-hydrogen) atoms. The molecule has 1 aliphatic rings. The van der Waals surface area contributed by atoms with Gasteiger partial charge >= 0.3 is 0 Å². The predicted molar refractivity (Wildman–Crippen MR) is 114 cm³/mol. The third-order valence-electron chi connectivity index (χ3n) is 5.20. The summed E-state index contributed by atoms with van der Waals surface area (Å²) in [4.78, 5) is 12.9. The first kappa shape index (κ1) is 19.1. The van der Waals surface area contributed by atoms with Crippen molar-refractivity contribution < 1.29 is 5.11 Å². The van der Waals surface area contributed by atoms with Gasteiger partial charge in [-0.3, -0.25) is 0 Å². The van der Waals surface area contributed by atoms with Crippen LogP contribution in [0.2, 0.25) is 0 Å². The van der Waals surface area contributed by atoms with E-state index in [0.717, 1.165) is 55.5 Å². The molecule has 3 aromatic rings. The van der Waals surface area contributed by atoms with Crippen LogP contribution in [0.25, 0.3) is 0 Å². The van der Waals surface area contributed by atoms with Gasteiger partial charge in [0.25, 0.3) is 0 Å². The van der Waals surface area contributed by atoms with E-state index in [1.807, 2.05) is 18.3 Å². The summed E-state index contributed by atoms with van der Waals surface area (Å²) in [6.07, 6.45) is 5.03. The van der Waals surface area contributed by atoms with Crippen LogP contribution in [0.15, 0.2) is 54.7 Å². The van der Waals surface area contributed by atoms with Crippen molar-refractivity contribution in [3.63, 3.8) is 0 Å². The maximum atomic E-state index is 9.10. The zero-order valence-electron chi connectivity index (χ0n) is 15.9. The van der Waals surface area contributed by atoms with Gasteiger partial charge < -0.3 is 15.3 Å². The van der Waals surface area contributed by atoms with Crippen LogP contribution in [0.4, 0.5) is 10.9 Å². The number of benzene rings is 1. The first-order chi connectivity index (χ1) is 13.8. The quantitative estimate of drug-likeness (QED) is 0.633. The van der Waals surface area contributed by atoms with Crippen LogP contribution >= 0.6 is 11.3 Å². The van der Waals surface area contributed by atoms with Crippen molar-refractivity contribution in [3.8, 4) is 0 Å². The molecule has 1 aliphatic heterocycles. The summed E-state index contributed by atoms with van der Waals surface area (Å²) in [6, 6.07) is 16.7. The Morgan fingerprint density at radius 3 is 2.68 bits per heavy atom. The van der Waals surface area contributed by atoms with Gasteiger partial charge in [0.1, 0.15) is 5.82 Å². The number of hydrogen-bond acceptors (Lipinski definition) is 6. The van der Waals surface area contributed by atoms with Crippen LogP contribution in [0.5, 0.6) is 0 Å². The molecule has 0 atom stereocenters. The van der Waals surface area contributed by atoms with Crippen LogP contribution in [-0.2, 0) is 6.42 Å². The van der Waals surface area contributed by atoms with Gasteiger partial charge in [-0.1, -0.05) is 36.4 Å². The summed E-state index contributed by atoms with van der Waals surface area (Å²) < 4.78 is 0. The number of aliphatic hydroxyl groups excluding tert-OH is 1. The molecule has 1 saturated heterocycles. The van der Waals surface area contributed by atoms with Gasteiger partial charge in [-0.2, -0.15) is 0 Å². The number of rotatable bonds is 7. The Bertz CT molecular complexity index is 875. The number of piperidine rings is 1. The molecule has 0 amide bonds. The third kappa shape index (κ3) is 4.95. The highest BCUT2D eigenvalue weighted by Crippen LogP contribution is 2.29. The highest BCUT2D eigenvalue weighted by Gasteiger charge is 2.21. The van der Waals surface area contributed by atoms with Crippen molar-refractivity contribution in [1.82, 2.24) is 14.9 Å². The van der Waals surface area contributed by atoms with Crippen LogP contribution in [-0.4, -0.2) is 46.2 Å². The molecule has 4 rings (SSSR count). The molecule has 6 heteroatoms. The molecule has 0 radical (unpaired) electrons. The number of thiazole rings is 1. The van der Waals surface area contributed by atoms with E-state index < -0.39 is 0 Å². The average molecular weight is 395 g/mol. The number of pyridine rings is 1. The number of likely N-dealkylation sites (tertiary alicyclic amines) is 1. The number of anilines is 2. The molecule has 0 unspecified atom stereocenters. The number of hydrogen-bond donors (Lipinski definition) is 2. The Hall–Kier alpha value is -2.28. The van der Waals surface area contributed by atoms with Crippen molar-refractivity contribution in [1.29, 1.82) is 0 Å². The summed E-state index contributed by atoms with van der Waals surface area (Å²) in [7, 11) is 0. The highest BCUT2D eigenvalue weighted by atomic mass is 32.1. The number of nitrogens with zero attached hydrogens (tertiary/aromatic N) is 3. The van der Waals surface area contributed by atoms with Gasteiger partial charge in [-0.15, -0.1) is 11.3 Å². The average Bonchev–Trinajstić information content (AvgIpc) is 3.16. The van der Waals surface area contributed by atoms with Gasteiger partial charge in [0.05, 0.1) is 6.61 Å². The Morgan fingerprint density at radius 1 is 1.07 bits per heavy atom. The summed E-state index contributed by atoms with van der Waals surface area (Å²) in [5.74, 6) is 1.34. The minimum atomic E-state index is 0.238. The molecule has 1 fully saturated rings. The van der Waals surface area contributed by atoms with E-state index in [9.17, 15) is 0 Å². The van der Waals surface area contributed by atoms with Gasteiger partial charge in [-0.25, -0.2) is 9.97 Å². The molecule has 0 aliphatic carbocycles. The van der Waals surface area contributed by atoms with E-state index in [1.165, 1.54) is 10.4 Å². The lowest BCUT2D eigenvalue weighted by atomic mass is 9.93. The summed E-state index contributed by atoms with van der Waals surface area (Å²) in [5, 5.41) is 13.3. The Balaban J connectivity index is 1.37. The lowest BCUT2D eigenvalue weighted by Crippen LogP contribution is -2.35. The Labute approximate surface area is 170 Å². The fraction of sp³-hybridized carbons (Fsp3) is 0.364.